The molecule has 0 aromatic carbocycles. The minimum atomic E-state index is -0.363. The Hall–Kier alpha value is -1.06. The van der Waals surface area contributed by atoms with Crippen LogP contribution in [-0.4, -0.2) is 35.8 Å². The van der Waals surface area contributed by atoms with E-state index in [2.05, 4.69) is 39.9 Å². The quantitative estimate of drug-likeness (QED) is 0.842. The zero-order valence-electron chi connectivity index (χ0n) is 13.8. The van der Waals surface area contributed by atoms with Crippen LogP contribution in [0.2, 0.25) is 0 Å². The molecule has 1 saturated heterocycles. The SMILES string of the molecule is CCC(C)C1NC(=O)CCN(CC(C)(C)C(C)C)C1=O. The summed E-state index contributed by atoms with van der Waals surface area (Å²) in [5.74, 6) is 0.742. The largest absolute Gasteiger partial charge is 0.344 e. The van der Waals surface area contributed by atoms with Crippen LogP contribution in [-0.2, 0) is 9.59 Å². The zero-order valence-corrected chi connectivity index (χ0v) is 13.8. The summed E-state index contributed by atoms with van der Waals surface area (Å²) in [6.45, 7) is 14.1. The van der Waals surface area contributed by atoms with Gasteiger partial charge in [0.05, 0.1) is 0 Å². The maximum Gasteiger partial charge on any atom is 0.245 e. The summed E-state index contributed by atoms with van der Waals surface area (Å²) < 4.78 is 0. The Morgan fingerprint density at radius 1 is 1.30 bits per heavy atom. The Morgan fingerprint density at radius 2 is 1.90 bits per heavy atom. The van der Waals surface area contributed by atoms with Crippen molar-refractivity contribution in [1.82, 2.24) is 10.2 Å². The van der Waals surface area contributed by atoms with Crippen LogP contribution in [0.3, 0.4) is 0 Å². The van der Waals surface area contributed by atoms with E-state index in [0.29, 0.717) is 25.4 Å². The standard InChI is InChI=1S/C16H30N2O2/c1-7-12(4)14-15(20)18(9-8-13(19)17-14)10-16(5,6)11(2)3/h11-12,14H,7-10H2,1-6H3,(H,17,19). The van der Waals surface area contributed by atoms with Crippen molar-refractivity contribution < 1.29 is 9.59 Å². The van der Waals surface area contributed by atoms with Crippen LogP contribution >= 0.6 is 0 Å². The van der Waals surface area contributed by atoms with E-state index in [1.807, 2.05) is 11.8 Å². The Morgan fingerprint density at radius 3 is 2.40 bits per heavy atom. The van der Waals surface area contributed by atoms with Gasteiger partial charge in [0.25, 0.3) is 0 Å². The molecule has 1 fully saturated rings. The number of nitrogens with one attached hydrogen (secondary N) is 1. The first kappa shape index (κ1) is 17.0. The molecule has 1 rings (SSSR count). The van der Waals surface area contributed by atoms with Gasteiger partial charge >= 0.3 is 0 Å². The minimum absolute atomic E-state index is 0.00602. The summed E-state index contributed by atoms with van der Waals surface area (Å²) in [6.07, 6.45) is 1.30. The third-order valence-corrected chi connectivity index (χ3v) is 4.88. The third-order valence-electron chi connectivity index (χ3n) is 4.88. The van der Waals surface area contributed by atoms with Crippen LogP contribution in [0.5, 0.6) is 0 Å². The maximum atomic E-state index is 12.7. The van der Waals surface area contributed by atoms with E-state index in [4.69, 9.17) is 0 Å². The Bertz CT molecular complexity index is 363. The van der Waals surface area contributed by atoms with Gasteiger partial charge < -0.3 is 10.2 Å². The summed E-state index contributed by atoms with van der Waals surface area (Å²) >= 11 is 0. The molecule has 1 heterocycles. The molecule has 0 aromatic heterocycles. The van der Waals surface area contributed by atoms with E-state index in [9.17, 15) is 9.59 Å². The molecular weight excluding hydrogens is 252 g/mol. The van der Waals surface area contributed by atoms with E-state index in [1.54, 1.807) is 0 Å². The van der Waals surface area contributed by atoms with Crippen molar-refractivity contribution in [3.05, 3.63) is 0 Å². The number of hydrogen-bond acceptors (Lipinski definition) is 2. The van der Waals surface area contributed by atoms with Crippen LogP contribution in [0, 0.1) is 17.3 Å². The molecule has 1 aliphatic heterocycles. The lowest BCUT2D eigenvalue weighted by atomic mass is 9.80. The fourth-order valence-corrected chi connectivity index (χ4v) is 2.30. The number of carbonyl (C=O) groups is 2. The van der Waals surface area contributed by atoms with Crippen molar-refractivity contribution in [2.24, 2.45) is 17.3 Å². The maximum absolute atomic E-state index is 12.7. The third kappa shape index (κ3) is 3.97. The van der Waals surface area contributed by atoms with E-state index in [0.717, 1.165) is 6.42 Å². The van der Waals surface area contributed by atoms with Crippen LogP contribution in [0.1, 0.15) is 54.4 Å². The lowest BCUT2D eigenvalue weighted by molar-refractivity contribution is -0.136. The van der Waals surface area contributed by atoms with E-state index < -0.39 is 0 Å². The van der Waals surface area contributed by atoms with Gasteiger partial charge in [-0.1, -0.05) is 48.0 Å². The Kier molecular flexibility index (Phi) is 5.60. The molecule has 4 nitrogen and oxygen atoms in total. The molecule has 20 heavy (non-hydrogen) atoms. The van der Waals surface area contributed by atoms with Gasteiger partial charge in [0.2, 0.25) is 11.8 Å². The van der Waals surface area contributed by atoms with E-state index in [-0.39, 0.29) is 29.2 Å². The minimum Gasteiger partial charge on any atom is -0.344 e. The first-order chi connectivity index (χ1) is 9.19. The number of rotatable bonds is 5. The Balaban J connectivity index is 2.90. The van der Waals surface area contributed by atoms with Crippen molar-refractivity contribution in [2.75, 3.05) is 13.1 Å². The molecule has 0 spiro atoms. The Labute approximate surface area is 123 Å². The molecular formula is C16H30N2O2. The number of amides is 2. The summed E-state index contributed by atoms with van der Waals surface area (Å²) in [7, 11) is 0. The van der Waals surface area contributed by atoms with Crippen molar-refractivity contribution in [1.29, 1.82) is 0 Å². The molecule has 0 saturated carbocycles. The fraction of sp³-hybridized carbons (Fsp3) is 0.875. The number of carbonyl (C=O) groups excluding carboxylic acids is 2. The molecule has 1 aliphatic rings. The molecule has 2 amide bonds. The monoisotopic (exact) mass is 282 g/mol. The van der Waals surface area contributed by atoms with Crippen molar-refractivity contribution >= 4 is 11.8 Å². The normalized spacial score (nSPS) is 22.8. The molecule has 0 aliphatic carbocycles. The number of hydrogen-bond donors (Lipinski definition) is 1. The second-order valence-corrected chi connectivity index (χ2v) is 7.08. The second-order valence-electron chi connectivity index (χ2n) is 7.08. The van der Waals surface area contributed by atoms with Gasteiger partial charge in [-0.05, 0) is 17.3 Å². The predicted molar refractivity (Wildman–Crippen MR) is 81.2 cm³/mol. The van der Waals surface area contributed by atoms with E-state index in [1.165, 1.54) is 0 Å². The van der Waals surface area contributed by atoms with Gasteiger partial charge in [-0.3, -0.25) is 9.59 Å². The average molecular weight is 282 g/mol. The lowest BCUT2D eigenvalue weighted by Gasteiger charge is -2.36. The summed E-state index contributed by atoms with van der Waals surface area (Å²) in [4.78, 5) is 26.4. The topological polar surface area (TPSA) is 49.4 Å². The summed E-state index contributed by atoms with van der Waals surface area (Å²) in [5, 5.41) is 2.89. The molecule has 2 atom stereocenters. The fourth-order valence-electron chi connectivity index (χ4n) is 2.30. The molecule has 116 valence electrons. The highest BCUT2D eigenvalue weighted by molar-refractivity contribution is 5.90. The van der Waals surface area contributed by atoms with Gasteiger partial charge in [0, 0.05) is 19.5 Å². The highest BCUT2D eigenvalue weighted by Gasteiger charge is 2.36. The van der Waals surface area contributed by atoms with Gasteiger partial charge in [0.1, 0.15) is 6.04 Å². The number of nitrogens with zero attached hydrogens (tertiary/aromatic N) is 1. The van der Waals surface area contributed by atoms with Crippen LogP contribution in [0.25, 0.3) is 0 Å². The highest BCUT2D eigenvalue weighted by atomic mass is 16.2. The van der Waals surface area contributed by atoms with Gasteiger partial charge in [0.15, 0.2) is 0 Å². The second kappa shape index (κ2) is 6.59. The smallest absolute Gasteiger partial charge is 0.245 e. The molecule has 1 N–H and O–H groups in total. The van der Waals surface area contributed by atoms with Crippen molar-refractivity contribution in [3.63, 3.8) is 0 Å². The lowest BCUT2D eigenvalue weighted by Crippen LogP contribution is -2.50. The molecule has 0 bridgehead atoms. The van der Waals surface area contributed by atoms with Crippen molar-refractivity contribution in [3.8, 4) is 0 Å². The molecule has 2 unspecified atom stereocenters. The van der Waals surface area contributed by atoms with Crippen molar-refractivity contribution in [2.45, 2.75) is 60.4 Å². The van der Waals surface area contributed by atoms with E-state index >= 15 is 0 Å². The summed E-state index contributed by atoms with van der Waals surface area (Å²) in [5.41, 5.74) is 0.0586. The predicted octanol–water partition coefficient (Wildman–Crippen LogP) is 2.43. The highest BCUT2D eigenvalue weighted by Crippen LogP contribution is 2.28. The molecule has 4 heteroatoms. The van der Waals surface area contributed by atoms with Crippen LogP contribution in [0.15, 0.2) is 0 Å². The first-order valence-electron chi connectivity index (χ1n) is 7.77. The summed E-state index contributed by atoms with van der Waals surface area (Å²) in [6, 6.07) is -0.363. The zero-order chi connectivity index (χ0) is 15.5. The van der Waals surface area contributed by atoms with Gasteiger partial charge in [-0.15, -0.1) is 0 Å². The molecule has 0 radical (unpaired) electrons. The van der Waals surface area contributed by atoms with Gasteiger partial charge in [-0.2, -0.15) is 0 Å². The average Bonchev–Trinajstić information content (AvgIpc) is 2.50. The first-order valence-corrected chi connectivity index (χ1v) is 7.77. The van der Waals surface area contributed by atoms with Gasteiger partial charge in [-0.25, -0.2) is 0 Å². The van der Waals surface area contributed by atoms with Crippen LogP contribution in [0.4, 0.5) is 0 Å². The molecule has 0 aromatic rings. The van der Waals surface area contributed by atoms with Crippen LogP contribution < -0.4 is 5.32 Å².